The maximum absolute atomic E-state index is 2.35. The van der Waals surface area contributed by atoms with E-state index in [1.165, 1.54) is 145 Å². The van der Waals surface area contributed by atoms with Crippen molar-refractivity contribution in [2.24, 2.45) is 0 Å². The van der Waals surface area contributed by atoms with E-state index in [0.717, 1.165) is 0 Å². The number of rotatable bonds is 22. The fraction of sp³-hybridized carbons (Fsp3) is 0.647. The summed E-state index contributed by atoms with van der Waals surface area (Å²) in [5.74, 6) is 0. The van der Waals surface area contributed by atoms with Crippen molar-refractivity contribution < 1.29 is 21.5 Å². The normalized spacial score (nSPS) is 11.4. The van der Waals surface area contributed by atoms with Crippen LogP contribution in [-0.2, 0) is 13.1 Å². The zero-order chi connectivity index (χ0) is 24.9. The van der Waals surface area contributed by atoms with Crippen LogP contribution in [0.25, 0.3) is 0 Å². The Morgan fingerprint density at radius 3 is 1.06 bits per heavy atom. The molecular weight excluding hydrogens is 502 g/mol. The van der Waals surface area contributed by atoms with Crippen molar-refractivity contribution >= 4 is 0 Å². The molecule has 0 radical (unpaired) electrons. The predicted octanol–water partition coefficient (Wildman–Crippen LogP) is 7.49. The van der Waals surface area contributed by atoms with E-state index in [0.29, 0.717) is 0 Å². The second-order valence-corrected chi connectivity index (χ2v) is 11.0. The Morgan fingerprint density at radius 2 is 0.722 bits per heavy atom. The second kappa shape index (κ2) is 21.9. The molecule has 0 aliphatic heterocycles. The summed E-state index contributed by atoms with van der Waals surface area (Å²) in [5.41, 5.74) is 3.00. The zero-order valence-electron chi connectivity index (χ0n) is 23.7. The molecule has 2 aromatic carbocycles. The first-order valence-electron chi connectivity index (χ1n) is 15.2. The SMILES string of the molecule is CCCCCCCCCC[N+](CCCCCCCCCC)(Cc1ccccc1)Cc1ccccc1.[Br-]. The summed E-state index contributed by atoms with van der Waals surface area (Å²) >= 11 is 0. The maximum atomic E-state index is 2.35. The highest BCUT2D eigenvalue weighted by Gasteiger charge is 2.27. The number of halogens is 1. The topological polar surface area (TPSA) is 0 Å². The van der Waals surface area contributed by atoms with Gasteiger partial charge in [-0.25, -0.2) is 0 Å². The minimum Gasteiger partial charge on any atom is -1.00 e. The third-order valence-electron chi connectivity index (χ3n) is 7.69. The lowest BCUT2D eigenvalue weighted by Crippen LogP contribution is -3.00. The molecule has 204 valence electrons. The van der Waals surface area contributed by atoms with Crippen LogP contribution >= 0.6 is 0 Å². The first kappa shape index (κ1) is 32.9. The molecule has 0 saturated heterocycles. The van der Waals surface area contributed by atoms with Gasteiger partial charge in [-0.2, -0.15) is 0 Å². The summed E-state index contributed by atoms with van der Waals surface area (Å²) in [6.45, 7) is 9.59. The Balaban J connectivity index is 0.00000648. The molecule has 2 heteroatoms. The van der Waals surface area contributed by atoms with Gasteiger partial charge >= 0.3 is 0 Å². The van der Waals surface area contributed by atoms with E-state index in [9.17, 15) is 0 Å². The Hall–Kier alpha value is -1.12. The number of hydrogen-bond acceptors (Lipinski definition) is 0. The predicted molar refractivity (Wildman–Crippen MR) is 156 cm³/mol. The fourth-order valence-corrected chi connectivity index (χ4v) is 5.59. The molecule has 0 amide bonds. The number of unbranched alkanes of at least 4 members (excludes halogenated alkanes) is 14. The third kappa shape index (κ3) is 15.2. The maximum Gasteiger partial charge on any atom is 0.105 e. The number of benzene rings is 2. The van der Waals surface area contributed by atoms with Gasteiger partial charge in [-0.05, 0) is 25.7 Å². The quantitative estimate of drug-likeness (QED) is 0.104. The minimum absolute atomic E-state index is 0. The molecule has 2 aromatic rings. The molecule has 0 atom stereocenters. The van der Waals surface area contributed by atoms with Crippen LogP contribution in [0, 0.1) is 0 Å². The van der Waals surface area contributed by atoms with Gasteiger partial charge in [0.15, 0.2) is 0 Å². The first-order chi connectivity index (χ1) is 17.3. The molecule has 0 N–H and O–H groups in total. The number of nitrogens with zero attached hydrogens (tertiary/aromatic N) is 1. The molecule has 2 rings (SSSR count). The lowest BCUT2D eigenvalue weighted by atomic mass is 10.0. The second-order valence-electron chi connectivity index (χ2n) is 11.0. The van der Waals surface area contributed by atoms with E-state index >= 15 is 0 Å². The van der Waals surface area contributed by atoms with Gasteiger partial charge in [0, 0.05) is 11.1 Å². The molecule has 0 fully saturated rings. The van der Waals surface area contributed by atoms with E-state index in [4.69, 9.17) is 0 Å². The van der Waals surface area contributed by atoms with Gasteiger partial charge in [0.05, 0.1) is 13.1 Å². The Kier molecular flexibility index (Phi) is 20.0. The molecule has 0 saturated carbocycles. The van der Waals surface area contributed by atoms with Crippen molar-refractivity contribution in [3.05, 3.63) is 71.8 Å². The lowest BCUT2D eigenvalue weighted by molar-refractivity contribution is -0.954. The molecule has 0 aromatic heterocycles. The van der Waals surface area contributed by atoms with Crippen LogP contribution in [0.15, 0.2) is 60.7 Å². The molecule has 0 aliphatic carbocycles. The van der Waals surface area contributed by atoms with Crippen molar-refractivity contribution in [1.29, 1.82) is 0 Å². The van der Waals surface area contributed by atoms with Crippen molar-refractivity contribution in [3.8, 4) is 0 Å². The van der Waals surface area contributed by atoms with Crippen LogP contribution in [0.2, 0.25) is 0 Å². The van der Waals surface area contributed by atoms with Crippen molar-refractivity contribution in [2.75, 3.05) is 13.1 Å². The molecule has 0 spiro atoms. The lowest BCUT2D eigenvalue weighted by Gasteiger charge is -2.39. The summed E-state index contributed by atoms with van der Waals surface area (Å²) < 4.78 is 1.22. The summed E-state index contributed by atoms with van der Waals surface area (Å²) in [4.78, 5) is 0. The largest absolute Gasteiger partial charge is 1.00 e. The highest BCUT2D eigenvalue weighted by atomic mass is 79.9. The van der Waals surface area contributed by atoms with Crippen LogP contribution in [-0.4, -0.2) is 17.6 Å². The first-order valence-corrected chi connectivity index (χ1v) is 15.2. The van der Waals surface area contributed by atoms with Gasteiger partial charge < -0.3 is 21.5 Å². The standard InChI is InChI=1S/C34H56N.BrH/c1-3-5-7-9-11-13-15-23-29-35(31-33-25-19-17-20-26-33,32-34-27-21-18-22-28-34)30-24-16-14-12-10-8-6-4-2;/h17-22,25-28H,3-16,23-24,29-32H2,1-2H3;1H/q+1;/p-1. The van der Waals surface area contributed by atoms with Crippen LogP contribution < -0.4 is 17.0 Å². The van der Waals surface area contributed by atoms with Gasteiger partial charge in [0.25, 0.3) is 0 Å². The molecule has 1 nitrogen and oxygen atoms in total. The van der Waals surface area contributed by atoms with E-state index in [1.54, 1.807) is 0 Å². The summed E-state index contributed by atoms with van der Waals surface area (Å²) in [7, 11) is 0. The van der Waals surface area contributed by atoms with Crippen LogP contribution in [0.4, 0.5) is 0 Å². The van der Waals surface area contributed by atoms with Gasteiger partial charge in [0.1, 0.15) is 13.1 Å². The molecule has 0 unspecified atom stereocenters. The van der Waals surface area contributed by atoms with E-state index in [-0.39, 0.29) is 17.0 Å². The monoisotopic (exact) mass is 557 g/mol. The van der Waals surface area contributed by atoms with E-state index < -0.39 is 0 Å². The van der Waals surface area contributed by atoms with Gasteiger partial charge in [-0.3, -0.25) is 0 Å². The Bertz CT molecular complexity index is 651. The third-order valence-corrected chi connectivity index (χ3v) is 7.69. The average molecular weight is 559 g/mol. The highest BCUT2D eigenvalue weighted by Crippen LogP contribution is 2.24. The minimum atomic E-state index is 0. The summed E-state index contributed by atoms with van der Waals surface area (Å²) in [6.07, 6.45) is 22.4. The molecular formula is C34H56BrN. The number of hydrogen-bond donors (Lipinski definition) is 0. The van der Waals surface area contributed by atoms with E-state index in [2.05, 4.69) is 74.5 Å². The molecule has 0 heterocycles. The van der Waals surface area contributed by atoms with Gasteiger partial charge in [0.2, 0.25) is 0 Å². The summed E-state index contributed by atoms with van der Waals surface area (Å²) in [5, 5.41) is 0. The Morgan fingerprint density at radius 1 is 0.417 bits per heavy atom. The smallest absolute Gasteiger partial charge is 0.105 e. The van der Waals surface area contributed by atoms with Crippen LogP contribution in [0.5, 0.6) is 0 Å². The van der Waals surface area contributed by atoms with Gasteiger partial charge in [-0.15, -0.1) is 0 Å². The van der Waals surface area contributed by atoms with Gasteiger partial charge in [-0.1, -0.05) is 152 Å². The van der Waals surface area contributed by atoms with E-state index in [1.807, 2.05) is 0 Å². The van der Waals surface area contributed by atoms with Crippen molar-refractivity contribution in [2.45, 2.75) is 130 Å². The van der Waals surface area contributed by atoms with Crippen molar-refractivity contribution in [3.63, 3.8) is 0 Å². The molecule has 36 heavy (non-hydrogen) atoms. The van der Waals surface area contributed by atoms with Crippen molar-refractivity contribution in [1.82, 2.24) is 0 Å². The highest BCUT2D eigenvalue weighted by molar-refractivity contribution is 5.15. The average Bonchev–Trinajstić information content (AvgIpc) is 2.88. The molecule has 0 aliphatic rings. The molecule has 0 bridgehead atoms. The zero-order valence-corrected chi connectivity index (χ0v) is 25.3. The Labute approximate surface area is 235 Å². The fourth-order valence-electron chi connectivity index (χ4n) is 5.59. The van der Waals surface area contributed by atoms with Crippen LogP contribution in [0.3, 0.4) is 0 Å². The summed E-state index contributed by atoms with van der Waals surface area (Å²) in [6, 6.07) is 22.6. The number of quaternary nitrogens is 1. The van der Waals surface area contributed by atoms with Crippen LogP contribution in [0.1, 0.15) is 128 Å².